The third-order valence-corrected chi connectivity index (χ3v) is 11.2. The zero-order valence-corrected chi connectivity index (χ0v) is 32.1. The minimum atomic E-state index is -1.37. The Kier molecular flexibility index (Phi) is 10.7. The summed E-state index contributed by atoms with van der Waals surface area (Å²) >= 11 is 1.82. The molecule has 0 aliphatic rings. The van der Waals surface area contributed by atoms with Crippen LogP contribution in [0, 0.1) is 17.5 Å². The summed E-state index contributed by atoms with van der Waals surface area (Å²) in [6, 6.07) is 44.5. The van der Waals surface area contributed by atoms with Crippen LogP contribution in [0.1, 0.15) is 26.3 Å². The van der Waals surface area contributed by atoms with Crippen LogP contribution in [0.25, 0.3) is 53.8 Å². The van der Waals surface area contributed by atoms with Crippen LogP contribution in [0.5, 0.6) is 0 Å². The second-order valence-electron chi connectivity index (χ2n) is 14.0. The largest absolute Gasteiger partial charge is 0.305 e. The van der Waals surface area contributed by atoms with Crippen molar-refractivity contribution in [1.29, 1.82) is 0 Å². The first-order valence-corrected chi connectivity index (χ1v) is 20.2. The Morgan fingerprint density at radius 2 is 1.47 bits per heavy atom. The molecular weight excluding hydrogens is 785 g/mol. The van der Waals surface area contributed by atoms with Crippen molar-refractivity contribution < 1.29 is 20.1 Å². The molecule has 0 saturated heterocycles. The Morgan fingerprint density at radius 1 is 0.702 bits per heavy atom. The van der Waals surface area contributed by atoms with E-state index in [0.29, 0.717) is 0 Å². The molecular formula is C42H40IrN2SSi-2. The molecule has 0 atom stereocenters. The van der Waals surface area contributed by atoms with Gasteiger partial charge in [0, 0.05) is 37.2 Å². The summed E-state index contributed by atoms with van der Waals surface area (Å²) in [4.78, 5) is 9.22. The van der Waals surface area contributed by atoms with E-state index in [1.807, 2.05) is 60.0 Å². The predicted octanol–water partition coefficient (Wildman–Crippen LogP) is 11.3. The predicted molar refractivity (Wildman–Crippen MR) is 201 cm³/mol. The fourth-order valence-corrected chi connectivity index (χ4v) is 8.67. The standard InChI is InChI=1S/C23H14NS.C19H26NSi.Ir/c1-2-7-16(8-3-1)17-12-13-18-19-9-6-10-20(21-11-4-5-14-24-21)23(19)25-22(18)15-17;1-19(2,3)13-16-12-17(15-10-8-7-9-11-15)20-14-18(16)21(4,5)6;/h1-9,11-15H;7-10,12,14H,13H2,1-6H3;/q2*-1;. The van der Waals surface area contributed by atoms with Crippen LogP contribution in [-0.4, -0.2) is 18.0 Å². The number of hydrogen-bond acceptors (Lipinski definition) is 3. The maximum atomic E-state index is 4.71. The van der Waals surface area contributed by atoms with Crippen molar-refractivity contribution in [1.82, 2.24) is 9.97 Å². The smallest absolute Gasteiger partial charge is 0.0798 e. The number of hydrogen-bond donors (Lipinski definition) is 0. The van der Waals surface area contributed by atoms with Gasteiger partial charge in [0.1, 0.15) is 0 Å². The molecule has 1 radical (unpaired) electrons. The van der Waals surface area contributed by atoms with Crippen molar-refractivity contribution in [3.05, 3.63) is 139 Å². The fraction of sp³-hybridized carbons (Fsp3) is 0.190. The van der Waals surface area contributed by atoms with Gasteiger partial charge in [-0.05, 0) is 61.8 Å². The molecule has 0 unspecified atom stereocenters. The van der Waals surface area contributed by atoms with Crippen LogP contribution >= 0.6 is 11.3 Å². The topological polar surface area (TPSA) is 25.8 Å². The molecule has 7 rings (SSSR count). The van der Waals surface area contributed by atoms with E-state index in [1.165, 1.54) is 42.0 Å². The Bertz CT molecular complexity index is 2080. The Hall–Kier alpha value is -3.73. The van der Waals surface area contributed by atoms with Gasteiger partial charge in [0.25, 0.3) is 0 Å². The second-order valence-corrected chi connectivity index (χ2v) is 20.1. The Morgan fingerprint density at radius 3 is 2.15 bits per heavy atom. The summed E-state index contributed by atoms with van der Waals surface area (Å²) in [7, 11) is -1.37. The molecule has 0 spiro atoms. The first-order chi connectivity index (χ1) is 22.1. The molecule has 4 aromatic carbocycles. The molecule has 239 valence electrons. The van der Waals surface area contributed by atoms with Crippen molar-refractivity contribution in [2.24, 2.45) is 5.41 Å². The van der Waals surface area contributed by atoms with Gasteiger partial charge in [-0.2, -0.15) is 11.3 Å². The van der Waals surface area contributed by atoms with E-state index in [1.54, 1.807) is 0 Å². The average molecular weight is 825 g/mol. The van der Waals surface area contributed by atoms with Crippen LogP contribution in [0.3, 0.4) is 0 Å². The van der Waals surface area contributed by atoms with Crippen molar-refractivity contribution in [3.63, 3.8) is 0 Å². The first-order valence-electron chi connectivity index (χ1n) is 15.9. The molecule has 7 aromatic rings. The third-order valence-electron chi connectivity index (χ3n) is 7.96. The van der Waals surface area contributed by atoms with Crippen molar-refractivity contribution >= 4 is 44.8 Å². The van der Waals surface area contributed by atoms with E-state index in [-0.39, 0.29) is 25.5 Å². The number of thiophene rings is 1. The Balaban J connectivity index is 0.000000184. The molecule has 3 heterocycles. The van der Waals surface area contributed by atoms with E-state index in [9.17, 15) is 0 Å². The summed E-state index contributed by atoms with van der Waals surface area (Å²) in [5.41, 5.74) is 8.42. The molecule has 0 aliphatic heterocycles. The van der Waals surface area contributed by atoms with Crippen molar-refractivity contribution in [2.45, 2.75) is 46.8 Å². The Labute approximate surface area is 298 Å². The molecule has 0 aliphatic carbocycles. The van der Waals surface area contributed by atoms with Gasteiger partial charge in [-0.1, -0.05) is 112 Å². The molecule has 0 N–H and O–H groups in total. The number of benzene rings is 4. The summed E-state index contributed by atoms with van der Waals surface area (Å²) in [6.45, 7) is 14.1. The number of rotatable bonds is 5. The SMILES string of the molecule is CC(C)(C)Cc1cc(-c2[c-]cccc2)ncc1[Si](C)(C)C.[Ir].[c-]1ccc2c(sc3cc(-c4ccccc4)ccc32)c1-c1ccccn1. The average Bonchev–Trinajstić information content (AvgIpc) is 3.43. The van der Waals surface area contributed by atoms with Gasteiger partial charge in [-0.25, -0.2) is 0 Å². The minimum Gasteiger partial charge on any atom is -0.305 e. The molecule has 0 fully saturated rings. The molecule has 2 nitrogen and oxygen atoms in total. The van der Waals surface area contributed by atoms with Crippen LogP contribution in [0.15, 0.2) is 122 Å². The van der Waals surface area contributed by atoms with Crippen LogP contribution in [0.2, 0.25) is 19.6 Å². The van der Waals surface area contributed by atoms with Crippen molar-refractivity contribution in [2.75, 3.05) is 0 Å². The van der Waals surface area contributed by atoms with Gasteiger partial charge >= 0.3 is 0 Å². The van der Waals surface area contributed by atoms with Gasteiger partial charge < -0.3 is 9.97 Å². The van der Waals surface area contributed by atoms with E-state index in [2.05, 4.69) is 130 Å². The molecule has 0 amide bonds. The zero-order chi connectivity index (χ0) is 32.3. The zero-order valence-electron chi connectivity index (χ0n) is 27.9. The van der Waals surface area contributed by atoms with Gasteiger partial charge in [0.2, 0.25) is 0 Å². The molecule has 0 bridgehead atoms. The molecule has 47 heavy (non-hydrogen) atoms. The maximum absolute atomic E-state index is 4.71. The van der Waals surface area contributed by atoms with Gasteiger partial charge in [0.05, 0.1) is 8.07 Å². The number of fused-ring (bicyclic) bond motifs is 3. The summed E-state index contributed by atoms with van der Waals surface area (Å²) < 4.78 is 2.55. The number of nitrogens with zero attached hydrogens (tertiary/aromatic N) is 2. The molecule has 5 heteroatoms. The monoisotopic (exact) mass is 825 g/mol. The summed E-state index contributed by atoms with van der Waals surface area (Å²) in [6.07, 6.45) is 5.04. The summed E-state index contributed by atoms with van der Waals surface area (Å²) in [5, 5.41) is 4.06. The fourth-order valence-electron chi connectivity index (χ4n) is 5.84. The van der Waals surface area contributed by atoms with E-state index < -0.39 is 8.07 Å². The van der Waals surface area contributed by atoms with E-state index in [0.717, 1.165) is 28.9 Å². The van der Waals surface area contributed by atoms with Gasteiger partial charge in [0.15, 0.2) is 0 Å². The number of pyridine rings is 2. The van der Waals surface area contributed by atoms with E-state index >= 15 is 0 Å². The quantitative estimate of drug-likeness (QED) is 0.128. The van der Waals surface area contributed by atoms with Gasteiger partial charge in [-0.3, -0.25) is 0 Å². The number of aromatic nitrogens is 2. The molecule has 3 aromatic heterocycles. The van der Waals surface area contributed by atoms with E-state index in [4.69, 9.17) is 4.98 Å². The van der Waals surface area contributed by atoms with Crippen molar-refractivity contribution in [3.8, 4) is 33.6 Å². The normalized spacial score (nSPS) is 11.5. The first kappa shape index (κ1) is 34.6. The van der Waals surface area contributed by atoms with Gasteiger partial charge in [-0.15, -0.1) is 59.7 Å². The maximum Gasteiger partial charge on any atom is 0.0798 e. The van der Waals surface area contributed by atoms with Crippen LogP contribution in [0.4, 0.5) is 0 Å². The minimum absolute atomic E-state index is 0. The third kappa shape index (κ3) is 8.23. The summed E-state index contributed by atoms with van der Waals surface area (Å²) in [5.74, 6) is 0. The van der Waals surface area contributed by atoms with Crippen LogP contribution in [-0.2, 0) is 26.5 Å². The van der Waals surface area contributed by atoms with Crippen LogP contribution < -0.4 is 5.19 Å². The molecule has 0 saturated carbocycles. The second kappa shape index (κ2) is 14.6.